The van der Waals surface area contributed by atoms with Crippen molar-refractivity contribution >= 4 is 17.4 Å². The van der Waals surface area contributed by atoms with E-state index in [9.17, 15) is 9.18 Å². The van der Waals surface area contributed by atoms with Crippen LogP contribution in [-0.4, -0.2) is 15.3 Å². The lowest BCUT2D eigenvalue weighted by Crippen LogP contribution is -2.11. The van der Waals surface area contributed by atoms with Gasteiger partial charge in [0.15, 0.2) is 5.82 Å². The summed E-state index contributed by atoms with van der Waals surface area (Å²) in [5.74, 6) is -0.444. The molecule has 3 nitrogen and oxygen atoms in total. The molecule has 0 fully saturated rings. The molecule has 18 heavy (non-hydrogen) atoms. The van der Waals surface area contributed by atoms with Gasteiger partial charge in [-0.15, -0.1) is 0 Å². The number of hydrogen-bond acceptors (Lipinski definition) is 2. The number of benzene rings is 1. The molecule has 0 bridgehead atoms. The number of aryl methyl sites for hydroxylation is 1. The predicted octanol–water partition coefficient (Wildman–Crippen LogP) is 3.32. The fraction of sp³-hybridized carbons (Fsp3) is 0.231. The summed E-state index contributed by atoms with van der Waals surface area (Å²) >= 11 is 5.67. The Labute approximate surface area is 109 Å². The smallest absolute Gasteiger partial charge is 0.228 e. The summed E-state index contributed by atoms with van der Waals surface area (Å²) in [5, 5.41) is -0.0607. The Balaban J connectivity index is 2.35. The molecule has 0 saturated heterocycles. The number of aromatic nitrogens is 2. The maximum absolute atomic E-state index is 13.0. The van der Waals surface area contributed by atoms with Crippen LogP contribution in [-0.2, 0) is 6.54 Å². The third-order valence-corrected chi connectivity index (χ3v) is 2.85. The fourth-order valence-corrected chi connectivity index (χ4v) is 1.89. The Hall–Kier alpha value is -1.68. The first kappa shape index (κ1) is 12.8. The highest BCUT2D eigenvalue weighted by Crippen LogP contribution is 2.18. The first-order valence-corrected chi connectivity index (χ1v) is 6.02. The zero-order valence-electron chi connectivity index (χ0n) is 9.86. The van der Waals surface area contributed by atoms with E-state index in [2.05, 4.69) is 4.98 Å². The summed E-state index contributed by atoms with van der Waals surface area (Å²) in [6, 6.07) is 3.92. The number of rotatable bonds is 4. The molecule has 0 amide bonds. The van der Waals surface area contributed by atoms with E-state index in [0.717, 1.165) is 13.0 Å². The average Bonchev–Trinajstić information content (AvgIpc) is 2.80. The van der Waals surface area contributed by atoms with E-state index in [1.807, 2.05) is 6.92 Å². The van der Waals surface area contributed by atoms with Crippen LogP contribution in [0.15, 0.2) is 30.6 Å². The minimum Gasteiger partial charge on any atom is -0.328 e. The summed E-state index contributed by atoms with van der Waals surface area (Å²) < 4.78 is 14.8. The van der Waals surface area contributed by atoms with E-state index >= 15 is 0 Å². The van der Waals surface area contributed by atoms with Crippen LogP contribution in [0.3, 0.4) is 0 Å². The van der Waals surface area contributed by atoms with Gasteiger partial charge in [-0.05, 0) is 24.6 Å². The molecule has 1 aromatic carbocycles. The van der Waals surface area contributed by atoms with Gasteiger partial charge >= 0.3 is 0 Å². The first-order chi connectivity index (χ1) is 8.63. The largest absolute Gasteiger partial charge is 0.328 e. The van der Waals surface area contributed by atoms with Crippen molar-refractivity contribution in [3.63, 3.8) is 0 Å². The number of nitrogens with zero attached hydrogens (tertiary/aromatic N) is 2. The van der Waals surface area contributed by atoms with E-state index in [0.29, 0.717) is 11.4 Å². The number of carbonyl (C=O) groups is 1. The van der Waals surface area contributed by atoms with Crippen molar-refractivity contribution in [3.05, 3.63) is 52.8 Å². The zero-order chi connectivity index (χ0) is 13.1. The van der Waals surface area contributed by atoms with Crippen LogP contribution in [0.4, 0.5) is 4.39 Å². The lowest BCUT2D eigenvalue weighted by atomic mass is 10.1. The number of hydrogen-bond donors (Lipinski definition) is 0. The molecule has 0 aliphatic heterocycles. The lowest BCUT2D eigenvalue weighted by Gasteiger charge is -2.05. The number of halogens is 2. The number of carbonyl (C=O) groups excluding carboxylic acids is 1. The number of ketones is 1. The molecule has 94 valence electrons. The van der Waals surface area contributed by atoms with Crippen molar-refractivity contribution < 1.29 is 9.18 Å². The van der Waals surface area contributed by atoms with E-state index in [1.165, 1.54) is 18.2 Å². The van der Waals surface area contributed by atoms with E-state index < -0.39 is 5.82 Å². The number of imidazole rings is 1. The Morgan fingerprint density at radius 1 is 1.50 bits per heavy atom. The van der Waals surface area contributed by atoms with Crippen LogP contribution in [0.5, 0.6) is 0 Å². The van der Waals surface area contributed by atoms with Crippen molar-refractivity contribution in [2.75, 3.05) is 0 Å². The van der Waals surface area contributed by atoms with Crippen molar-refractivity contribution in [3.8, 4) is 0 Å². The van der Waals surface area contributed by atoms with Crippen LogP contribution in [0.25, 0.3) is 0 Å². The maximum Gasteiger partial charge on any atom is 0.228 e. The average molecular weight is 267 g/mol. The van der Waals surface area contributed by atoms with E-state index in [-0.39, 0.29) is 10.8 Å². The summed E-state index contributed by atoms with van der Waals surface area (Å²) in [4.78, 5) is 16.2. The summed E-state index contributed by atoms with van der Waals surface area (Å²) in [6.45, 7) is 2.74. The molecule has 0 unspecified atom stereocenters. The van der Waals surface area contributed by atoms with Crippen molar-refractivity contribution in [2.24, 2.45) is 0 Å². The molecule has 1 aromatic heterocycles. The quantitative estimate of drug-likeness (QED) is 0.796. The maximum atomic E-state index is 13.0. The van der Waals surface area contributed by atoms with Crippen molar-refractivity contribution in [1.29, 1.82) is 0 Å². The topological polar surface area (TPSA) is 34.9 Å². The van der Waals surface area contributed by atoms with Crippen molar-refractivity contribution in [1.82, 2.24) is 9.55 Å². The first-order valence-electron chi connectivity index (χ1n) is 5.64. The van der Waals surface area contributed by atoms with Gasteiger partial charge in [0.1, 0.15) is 5.82 Å². The highest BCUT2D eigenvalue weighted by atomic mass is 35.5. The minimum atomic E-state index is -0.537. The lowest BCUT2D eigenvalue weighted by molar-refractivity contribution is 0.102. The second kappa shape index (κ2) is 5.31. The fourth-order valence-electron chi connectivity index (χ4n) is 1.71. The minimum absolute atomic E-state index is 0.0607. The molecule has 0 aliphatic rings. The third kappa shape index (κ3) is 2.43. The molecule has 0 radical (unpaired) electrons. The van der Waals surface area contributed by atoms with E-state index in [4.69, 9.17) is 11.6 Å². The molecule has 0 aliphatic carbocycles. The predicted molar refractivity (Wildman–Crippen MR) is 67.4 cm³/mol. The van der Waals surface area contributed by atoms with Crippen LogP contribution < -0.4 is 0 Å². The normalized spacial score (nSPS) is 10.6. The molecular weight excluding hydrogens is 255 g/mol. The third-order valence-electron chi connectivity index (χ3n) is 2.56. The highest BCUT2D eigenvalue weighted by molar-refractivity contribution is 6.31. The molecule has 5 heteroatoms. The second-order valence-electron chi connectivity index (χ2n) is 3.90. The van der Waals surface area contributed by atoms with Gasteiger partial charge in [-0.2, -0.15) is 0 Å². The van der Waals surface area contributed by atoms with Crippen LogP contribution >= 0.6 is 11.6 Å². The molecule has 2 aromatic rings. The van der Waals surface area contributed by atoms with Gasteiger partial charge in [-0.3, -0.25) is 4.79 Å². The zero-order valence-corrected chi connectivity index (χ0v) is 10.6. The Kier molecular flexibility index (Phi) is 3.77. The summed E-state index contributed by atoms with van der Waals surface area (Å²) in [6.07, 6.45) is 4.23. The molecule has 1 heterocycles. The SMILES string of the molecule is CCCn1ccnc1C(=O)c1ccc(F)c(Cl)c1. The van der Waals surface area contributed by atoms with Gasteiger partial charge < -0.3 is 4.57 Å². The van der Waals surface area contributed by atoms with Gasteiger partial charge in [0.05, 0.1) is 5.02 Å². The van der Waals surface area contributed by atoms with Gasteiger partial charge in [-0.25, -0.2) is 9.37 Å². The van der Waals surface area contributed by atoms with Crippen molar-refractivity contribution in [2.45, 2.75) is 19.9 Å². The van der Waals surface area contributed by atoms with E-state index in [1.54, 1.807) is 17.0 Å². The van der Waals surface area contributed by atoms with Crippen LogP contribution in [0.1, 0.15) is 29.5 Å². The highest BCUT2D eigenvalue weighted by Gasteiger charge is 2.16. The molecule has 0 atom stereocenters. The molecule has 0 saturated carbocycles. The summed E-state index contributed by atoms with van der Waals surface area (Å²) in [7, 11) is 0. The monoisotopic (exact) mass is 266 g/mol. The molecule has 0 spiro atoms. The van der Waals surface area contributed by atoms with Crippen LogP contribution in [0.2, 0.25) is 5.02 Å². The van der Waals surface area contributed by atoms with Gasteiger partial charge in [0.2, 0.25) is 5.78 Å². The summed E-state index contributed by atoms with van der Waals surface area (Å²) in [5.41, 5.74) is 0.338. The Bertz CT molecular complexity index is 580. The van der Waals surface area contributed by atoms with Crippen LogP contribution in [0, 0.1) is 5.82 Å². The second-order valence-corrected chi connectivity index (χ2v) is 4.31. The molecular formula is C13H12ClFN2O. The van der Waals surface area contributed by atoms with Gasteiger partial charge in [0.25, 0.3) is 0 Å². The Morgan fingerprint density at radius 2 is 2.28 bits per heavy atom. The van der Waals surface area contributed by atoms with Gasteiger partial charge in [0, 0.05) is 24.5 Å². The molecule has 0 N–H and O–H groups in total. The van der Waals surface area contributed by atoms with Gasteiger partial charge in [-0.1, -0.05) is 18.5 Å². The Morgan fingerprint density at radius 3 is 2.94 bits per heavy atom. The standard InChI is InChI=1S/C13H12ClFN2O/c1-2-6-17-7-5-16-13(17)12(18)9-3-4-11(15)10(14)8-9/h3-5,7-8H,2,6H2,1H3. The molecule has 2 rings (SSSR count).